The molecule has 3 aromatic rings. The molecule has 1 fully saturated rings. The van der Waals surface area contributed by atoms with Gasteiger partial charge in [0.1, 0.15) is 28.1 Å². The number of nitrogens with zero attached hydrogens (tertiary/aromatic N) is 4. The molecule has 4 rings (SSSR count). The van der Waals surface area contributed by atoms with Crippen LogP contribution in [0, 0.1) is 0 Å². The van der Waals surface area contributed by atoms with Crippen LogP contribution in [0.25, 0.3) is 11.4 Å². The van der Waals surface area contributed by atoms with Crippen molar-refractivity contribution in [3.05, 3.63) is 60.0 Å². The number of hydrogen-bond donors (Lipinski definition) is 2. The Balaban J connectivity index is 1.82. The second-order valence-corrected chi connectivity index (χ2v) is 8.34. The third-order valence-electron chi connectivity index (χ3n) is 5.62. The number of carbonyl (C=O) groups excluding carboxylic acids is 1. The number of carbonyl (C=O) groups is 1. The van der Waals surface area contributed by atoms with Crippen molar-refractivity contribution in [2.75, 3.05) is 6.54 Å². The quantitative estimate of drug-likeness (QED) is 0.621. The molecule has 0 unspecified atom stereocenters. The van der Waals surface area contributed by atoms with Gasteiger partial charge in [-0.05, 0) is 45.7 Å². The van der Waals surface area contributed by atoms with Crippen LogP contribution in [0.15, 0.2) is 47.4 Å². The highest BCUT2D eigenvalue weighted by Crippen LogP contribution is 2.38. The standard InChI is InChI=1S/C22H25N5O3/c1-14-7-8-22(13-26-14,17-12-16(27-30-17)21(2,3)29)20(28)19-18(24-10-11-25-19)15-6-4-5-9-23-15/h4-6,9-12,14,26,29H,7-8,13H2,1-3H3/t14-,22-/m1/s1. The number of Topliss-reactive ketones (excluding diaryl/α,β-unsaturated/α-hetero) is 1. The average molecular weight is 407 g/mol. The first kappa shape index (κ1) is 20.3. The van der Waals surface area contributed by atoms with E-state index < -0.39 is 11.0 Å². The summed E-state index contributed by atoms with van der Waals surface area (Å²) in [6.07, 6.45) is 6.07. The molecule has 30 heavy (non-hydrogen) atoms. The normalized spacial score (nSPS) is 22.1. The van der Waals surface area contributed by atoms with Gasteiger partial charge in [-0.25, -0.2) is 4.98 Å². The number of aliphatic hydroxyl groups is 1. The molecule has 1 saturated heterocycles. The van der Waals surface area contributed by atoms with Crippen LogP contribution in [0.5, 0.6) is 0 Å². The van der Waals surface area contributed by atoms with E-state index >= 15 is 0 Å². The topological polar surface area (TPSA) is 114 Å². The lowest BCUT2D eigenvalue weighted by atomic mass is 9.72. The molecule has 2 atom stereocenters. The van der Waals surface area contributed by atoms with Crippen molar-refractivity contribution >= 4 is 5.78 Å². The van der Waals surface area contributed by atoms with Crippen molar-refractivity contribution in [1.82, 2.24) is 25.4 Å². The van der Waals surface area contributed by atoms with E-state index in [2.05, 4.69) is 32.3 Å². The minimum absolute atomic E-state index is 0.200. The highest BCUT2D eigenvalue weighted by molar-refractivity contribution is 6.06. The maximum absolute atomic E-state index is 14.0. The van der Waals surface area contributed by atoms with E-state index in [0.29, 0.717) is 35.8 Å². The smallest absolute Gasteiger partial charge is 0.198 e. The Hall–Kier alpha value is -2.97. The summed E-state index contributed by atoms with van der Waals surface area (Å²) < 4.78 is 5.62. The highest BCUT2D eigenvalue weighted by atomic mass is 16.5. The van der Waals surface area contributed by atoms with Gasteiger partial charge >= 0.3 is 0 Å². The number of rotatable bonds is 5. The first-order valence-electron chi connectivity index (χ1n) is 10.0. The first-order valence-corrected chi connectivity index (χ1v) is 10.0. The molecule has 0 aliphatic carbocycles. The fraction of sp³-hybridized carbons (Fsp3) is 0.409. The summed E-state index contributed by atoms with van der Waals surface area (Å²) >= 11 is 0. The monoisotopic (exact) mass is 407 g/mol. The Morgan fingerprint density at radius 2 is 2.03 bits per heavy atom. The molecule has 156 valence electrons. The molecule has 8 heteroatoms. The van der Waals surface area contributed by atoms with Crippen molar-refractivity contribution in [1.29, 1.82) is 0 Å². The van der Waals surface area contributed by atoms with E-state index in [1.807, 2.05) is 12.1 Å². The Bertz CT molecular complexity index is 1030. The van der Waals surface area contributed by atoms with Gasteiger partial charge < -0.3 is 14.9 Å². The minimum Gasteiger partial charge on any atom is -0.384 e. The Kier molecular flexibility index (Phi) is 5.21. The number of hydrogen-bond acceptors (Lipinski definition) is 8. The van der Waals surface area contributed by atoms with E-state index in [1.165, 1.54) is 6.20 Å². The molecule has 0 spiro atoms. The van der Waals surface area contributed by atoms with Gasteiger partial charge in [0.2, 0.25) is 0 Å². The van der Waals surface area contributed by atoms with Crippen LogP contribution in [0.4, 0.5) is 0 Å². The first-order chi connectivity index (χ1) is 14.3. The number of pyridine rings is 1. The van der Waals surface area contributed by atoms with E-state index in [1.54, 1.807) is 38.4 Å². The molecule has 3 aromatic heterocycles. The molecule has 0 amide bonds. The van der Waals surface area contributed by atoms with Crippen molar-refractivity contribution in [2.45, 2.75) is 50.7 Å². The lowest BCUT2D eigenvalue weighted by Gasteiger charge is -2.36. The zero-order valence-corrected chi connectivity index (χ0v) is 17.3. The lowest BCUT2D eigenvalue weighted by Crippen LogP contribution is -2.52. The second-order valence-electron chi connectivity index (χ2n) is 8.34. The molecular weight excluding hydrogens is 382 g/mol. The van der Waals surface area contributed by atoms with E-state index in [9.17, 15) is 9.90 Å². The van der Waals surface area contributed by atoms with Gasteiger partial charge in [-0.15, -0.1) is 0 Å². The summed E-state index contributed by atoms with van der Waals surface area (Å²) in [5.41, 5.74) is -0.532. The van der Waals surface area contributed by atoms with E-state index in [-0.39, 0.29) is 17.5 Å². The van der Waals surface area contributed by atoms with Gasteiger partial charge in [-0.3, -0.25) is 14.8 Å². The van der Waals surface area contributed by atoms with Crippen LogP contribution in [0.3, 0.4) is 0 Å². The van der Waals surface area contributed by atoms with Gasteiger partial charge in [0.25, 0.3) is 0 Å². The zero-order chi connectivity index (χ0) is 21.4. The minimum atomic E-state index is -1.17. The molecule has 1 aliphatic rings. The largest absolute Gasteiger partial charge is 0.384 e. The van der Waals surface area contributed by atoms with Crippen molar-refractivity contribution in [3.63, 3.8) is 0 Å². The summed E-state index contributed by atoms with van der Waals surface area (Å²) in [6.45, 7) is 5.72. The molecule has 0 aromatic carbocycles. The average Bonchev–Trinajstić information content (AvgIpc) is 3.26. The zero-order valence-electron chi connectivity index (χ0n) is 17.3. The maximum Gasteiger partial charge on any atom is 0.198 e. The number of piperidine rings is 1. The third-order valence-corrected chi connectivity index (χ3v) is 5.62. The molecule has 1 aliphatic heterocycles. The third kappa shape index (κ3) is 3.64. The molecular formula is C22H25N5O3. The van der Waals surface area contributed by atoms with Crippen LogP contribution in [0.2, 0.25) is 0 Å². The molecule has 0 bridgehead atoms. The number of aromatic nitrogens is 4. The van der Waals surface area contributed by atoms with Gasteiger partial charge in [0, 0.05) is 37.2 Å². The Morgan fingerprint density at radius 3 is 2.67 bits per heavy atom. The van der Waals surface area contributed by atoms with Crippen LogP contribution >= 0.6 is 0 Å². The van der Waals surface area contributed by atoms with Crippen LogP contribution < -0.4 is 5.32 Å². The SMILES string of the molecule is C[C@@H]1CC[C@](C(=O)c2nccnc2-c2ccccn2)(c2cc(C(C)(C)O)no2)CN1. The summed E-state index contributed by atoms with van der Waals surface area (Å²) in [7, 11) is 0. The summed E-state index contributed by atoms with van der Waals surface area (Å²) in [6, 6.07) is 7.40. The lowest BCUT2D eigenvalue weighted by molar-refractivity contribution is 0.0695. The van der Waals surface area contributed by atoms with Crippen molar-refractivity contribution in [2.24, 2.45) is 0 Å². The molecule has 0 saturated carbocycles. The molecule has 4 heterocycles. The van der Waals surface area contributed by atoms with E-state index in [0.717, 1.165) is 6.42 Å². The second kappa shape index (κ2) is 7.70. The van der Waals surface area contributed by atoms with Crippen LogP contribution in [-0.4, -0.2) is 43.6 Å². The molecule has 8 nitrogen and oxygen atoms in total. The number of ketones is 1. The van der Waals surface area contributed by atoms with Crippen molar-refractivity contribution in [3.8, 4) is 11.4 Å². The predicted molar refractivity (Wildman–Crippen MR) is 110 cm³/mol. The van der Waals surface area contributed by atoms with Crippen LogP contribution in [-0.2, 0) is 11.0 Å². The van der Waals surface area contributed by atoms with Crippen molar-refractivity contribution < 1.29 is 14.4 Å². The fourth-order valence-electron chi connectivity index (χ4n) is 3.73. The van der Waals surface area contributed by atoms with E-state index in [4.69, 9.17) is 4.52 Å². The fourth-order valence-corrected chi connectivity index (χ4v) is 3.73. The highest BCUT2D eigenvalue weighted by Gasteiger charge is 2.48. The van der Waals surface area contributed by atoms with Gasteiger partial charge in [-0.1, -0.05) is 11.2 Å². The van der Waals surface area contributed by atoms with Gasteiger partial charge in [-0.2, -0.15) is 0 Å². The molecule has 0 radical (unpaired) electrons. The van der Waals surface area contributed by atoms with Gasteiger partial charge in [0.15, 0.2) is 11.5 Å². The summed E-state index contributed by atoms with van der Waals surface area (Å²) in [4.78, 5) is 27.1. The summed E-state index contributed by atoms with van der Waals surface area (Å²) in [5.74, 6) is 0.218. The van der Waals surface area contributed by atoms with Gasteiger partial charge in [0.05, 0.1) is 5.69 Å². The molecule has 2 N–H and O–H groups in total. The Morgan fingerprint density at radius 1 is 1.23 bits per heavy atom. The predicted octanol–water partition coefficient (Wildman–Crippen LogP) is 2.65. The Labute approximate surface area is 174 Å². The van der Waals surface area contributed by atoms with Crippen LogP contribution in [0.1, 0.15) is 55.6 Å². The number of nitrogens with one attached hydrogen (secondary N) is 1. The summed E-state index contributed by atoms with van der Waals surface area (Å²) in [5, 5.41) is 17.7. The maximum atomic E-state index is 14.0.